The van der Waals surface area contributed by atoms with Gasteiger partial charge in [0.05, 0.1) is 12.5 Å². The van der Waals surface area contributed by atoms with Crippen LogP contribution in [0.15, 0.2) is 0 Å². The molecule has 3 aliphatic rings. The van der Waals surface area contributed by atoms with E-state index in [4.69, 9.17) is 9.16 Å². The van der Waals surface area contributed by atoms with Gasteiger partial charge in [-0.1, -0.05) is 34.1 Å². The molecule has 29 heavy (non-hydrogen) atoms. The van der Waals surface area contributed by atoms with Crippen LogP contribution in [-0.2, 0) is 14.0 Å². The Morgan fingerprint density at radius 3 is 2.48 bits per heavy atom. The molecule has 0 amide bonds. The fourth-order valence-corrected chi connectivity index (χ4v) is 7.27. The summed E-state index contributed by atoms with van der Waals surface area (Å²) in [6.07, 6.45) is 9.03. The molecular formula is C24H44O4Si. The minimum Gasteiger partial charge on any atom is -0.462 e. The maximum absolute atomic E-state index is 11.7. The lowest BCUT2D eigenvalue weighted by Crippen LogP contribution is -2.47. The van der Waals surface area contributed by atoms with Crippen LogP contribution in [0.25, 0.3) is 0 Å². The van der Waals surface area contributed by atoms with Crippen LogP contribution in [0.4, 0.5) is 0 Å². The fourth-order valence-electron chi connectivity index (χ4n) is 5.87. The molecule has 0 radical (unpaired) electrons. The number of fused-ring (bicyclic) bond motifs is 1. The smallest absolute Gasteiger partial charge is 0.308 e. The Morgan fingerprint density at radius 2 is 1.83 bits per heavy atom. The second-order valence-electron chi connectivity index (χ2n) is 11.7. The van der Waals surface area contributed by atoms with Crippen molar-refractivity contribution in [2.45, 2.75) is 122 Å². The predicted octanol–water partition coefficient (Wildman–Crippen LogP) is 5.69. The number of hydrogen-bond donors (Lipinski definition) is 1. The molecule has 4 nitrogen and oxygen atoms in total. The third-order valence-electron chi connectivity index (χ3n) is 8.59. The lowest BCUT2D eigenvalue weighted by molar-refractivity contribution is -0.160. The summed E-state index contributed by atoms with van der Waals surface area (Å²) in [6.45, 7) is 14.2. The predicted molar refractivity (Wildman–Crippen MR) is 119 cm³/mol. The Morgan fingerprint density at radius 1 is 1.10 bits per heavy atom. The molecule has 0 aromatic carbocycles. The van der Waals surface area contributed by atoms with Crippen molar-refractivity contribution in [3.8, 4) is 0 Å². The highest BCUT2D eigenvalue weighted by molar-refractivity contribution is 6.74. The Hall–Kier alpha value is -0.393. The molecule has 3 fully saturated rings. The van der Waals surface area contributed by atoms with Crippen molar-refractivity contribution in [1.29, 1.82) is 0 Å². The van der Waals surface area contributed by atoms with Gasteiger partial charge in [0.1, 0.15) is 6.10 Å². The third kappa shape index (κ3) is 5.65. The first kappa shape index (κ1) is 23.3. The Kier molecular flexibility index (Phi) is 7.22. The van der Waals surface area contributed by atoms with Crippen LogP contribution in [0.3, 0.4) is 0 Å². The van der Waals surface area contributed by atoms with E-state index in [-0.39, 0.29) is 23.5 Å². The van der Waals surface area contributed by atoms with E-state index >= 15 is 0 Å². The molecule has 1 heterocycles. The molecule has 0 bridgehead atoms. The van der Waals surface area contributed by atoms with Crippen molar-refractivity contribution in [2.75, 3.05) is 0 Å². The van der Waals surface area contributed by atoms with Crippen LogP contribution in [0.2, 0.25) is 18.1 Å². The van der Waals surface area contributed by atoms with E-state index < -0.39 is 14.4 Å². The highest BCUT2D eigenvalue weighted by Gasteiger charge is 2.44. The number of carbonyl (C=O) groups excluding carboxylic acids is 1. The number of cyclic esters (lactones) is 1. The quantitative estimate of drug-likeness (QED) is 0.455. The van der Waals surface area contributed by atoms with Gasteiger partial charge in [0.15, 0.2) is 8.32 Å². The Labute approximate surface area is 179 Å². The van der Waals surface area contributed by atoms with Crippen molar-refractivity contribution in [1.82, 2.24) is 0 Å². The molecule has 7 atom stereocenters. The SMILES string of the molecule is CC1CCC2CC(O[Si](C)(C)C(C)(C)C)CCC2C1CCC1CC(O)CC(=O)O1. The molecule has 5 heteroatoms. The monoisotopic (exact) mass is 424 g/mol. The first-order chi connectivity index (χ1) is 13.5. The highest BCUT2D eigenvalue weighted by Crippen LogP contribution is 2.50. The van der Waals surface area contributed by atoms with E-state index in [9.17, 15) is 9.90 Å². The summed E-state index contributed by atoms with van der Waals surface area (Å²) in [5.74, 6) is 2.83. The first-order valence-corrected chi connectivity index (χ1v) is 14.9. The number of ether oxygens (including phenoxy) is 1. The molecular weight excluding hydrogens is 380 g/mol. The van der Waals surface area contributed by atoms with Gasteiger partial charge in [-0.15, -0.1) is 0 Å². The summed E-state index contributed by atoms with van der Waals surface area (Å²) < 4.78 is 12.3. The van der Waals surface area contributed by atoms with Crippen molar-refractivity contribution < 1.29 is 19.1 Å². The van der Waals surface area contributed by atoms with Gasteiger partial charge in [-0.25, -0.2) is 0 Å². The van der Waals surface area contributed by atoms with Gasteiger partial charge in [-0.05, 0) is 80.3 Å². The molecule has 168 valence electrons. The maximum Gasteiger partial charge on any atom is 0.308 e. The molecule has 2 aliphatic carbocycles. The molecule has 2 saturated carbocycles. The van der Waals surface area contributed by atoms with E-state index in [1.54, 1.807) is 0 Å². The molecule has 0 spiro atoms. The van der Waals surface area contributed by atoms with Crippen LogP contribution in [0, 0.1) is 23.7 Å². The summed E-state index contributed by atoms with van der Waals surface area (Å²) in [6, 6.07) is 0. The molecule has 1 saturated heterocycles. The molecule has 3 rings (SSSR count). The molecule has 0 aromatic heterocycles. The zero-order valence-electron chi connectivity index (χ0n) is 19.6. The lowest BCUT2D eigenvalue weighted by Gasteiger charge is -2.49. The van der Waals surface area contributed by atoms with Gasteiger partial charge in [0.25, 0.3) is 0 Å². The average molecular weight is 425 g/mol. The largest absolute Gasteiger partial charge is 0.462 e. The van der Waals surface area contributed by atoms with E-state index in [1.165, 1.54) is 32.1 Å². The van der Waals surface area contributed by atoms with Gasteiger partial charge in [0, 0.05) is 12.5 Å². The van der Waals surface area contributed by atoms with Crippen LogP contribution in [0.1, 0.15) is 85.5 Å². The van der Waals surface area contributed by atoms with Crippen LogP contribution in [-0.4, -0.2) is 37.7 Å². The number of hydrogen-bond acceptors (Lipinski definition) is 4. The zero-order chi connectivity index (χ0) is 21.4. The molecule has 1 aliphatic heterocycles. The molecule has 1 N–H and O–H groups in total. The summed E-state index contributed by atoms with van der Waals surface area (Å²) >= 11 is 0. The minimum absolute atomic E-state index is 0.0860. The van der Waals surface area contributed by atoms with Crippen molar-refractivity contribution in [3.63, 3.8) is 0 Å². The fraction of sp³-hybridized carbons (Fsp3) is 0.958. The summed E-state index contributed by atoms with van der Waals surface area (Å²) in [7, 11) is -1.70. The zero-order valence-corrected chi connectivity index (χ0v) is 20.6. The first-order valence-electron chi connectivity index (χ1n) is 12.0. The Balaban J connectivity index is 1.56. The van der Waals surface area contributed by atoms with Gasteiger partial charge in [-0.2, -0.15) is 0 Å². The van der Waals surface area contributed by atoms with Gasteiger partial charge in [-0.3, -0.25) is 4.79 Å². The summed E-state index contributed by atoms with van der Waals surface area (Å²) in [5, 5.41) is 10.2. The van der Waals surface area contributed by atoms with E-state index in [0.717, 1.165) is 36.5 Å². The number of aliphatic hydroxyl groups excluding tert-OH is 1. The minimum atomic E-state index is -1.70. The Bertz CT molecular complexity index is 570. The number of carbonyl (C=O) groups is 1. The number of rotatable bonds is 5. The molecule has 0 aromatic rings. The molecule has 7 unspecified atom stereocenters. The van der Waals surface area contributed by atoms with Crippen molar-refractivity contribution in [2.24, 2.45) is 23.7 Å². The van der Waals surface area contributed by atoms with Gasteiger partial charge >= 0.3 is 5.97 Å². The van der Waals surface area contributed by atoms with Crippen molar-refractivity contribution in [3.05, 3.63) is 0 Å². The maximum atomic E-state index is 11.7. The average Bonchev–Trinajstić information content (AvgIpc) is 2.59. The number of aliphatic hydroxyl groups is 1. The normalized spacial score (nSPS) is 39.0. The van der Waals surface area contributed by atoms with Crippen LogP contribution < -0.4 is 0 Å². The number of esters is 1. The van der Waals surface area contributed by atoms with Crippen molar-refractivity contribution >= 4 is 14.3 Å². The lowest BCUT2D eigenvalue weighted by atomic mass is 9.60. The van der Waals surface area contributed by atoms with E-state index in [2.05, 4.69) is 40.8 Å². The van der Waals surface area contributed by atoms with Gasteiger partial charge in [0.2, 0.25) is 0 Å². The standard InChI is InChI=1S/C24H44O4Si/c1-16-7-8-17-13-20(28-29(5,6)24(2,3)4)10-12-22(17)21(16)11-9-19-14-18(25)15-23(26)27-19/h16-22,25H,7-15H2,1-6H3. The second-order valence-corrected chi connectivity index (χ2v) is 16.5. The third-order valence-corrected chi connectivity index (χ3v) is 13.1. The van der Waals surface area contributed by atoms with Gasteiger partial charge < -0.3 is 14.3 Å². The van der Waals surface area contributed by atoms with E-state index in [1.807, 2.05) is 0 Å². The summed E-state index contributed by atoms with van der Waals surface area (Å²) in [5.41, 5.74) is 0. The summed E-state index contributed by atoms with van der Waals surface area (Å²) in [4.78, 5) is 11.7. The topological polar surface area (TPSA) is 55.8 Å². The van der Waals surface area contributed by atoms with Crippen LogP contribution in [0.5, 0.6) is 0 Å². The highest BCUT2D eigenvalue weighted by atomic mass is 28.4. The van der Waals surface area contributed by atoms with Crippen LogP contribution >= 0.6 is 0 Å². The second kappa shape index (κ2) is 9.00. The van der Waals surface area contributed by atoms with E-state index in [0.29, 0.717) is 12.5 Å².